The lowest BCUT2D eigenvalue weighted by atomic mass is 10.1. The fraction of sp³-hybridized carbons (Fsp3) is 0. The van der Waals surface area contributed by atoms with E-state index >= 15 is 0 Å². The molecular formula is C8H5ClN2O2S. The van der Waals surface area contributed by atoms with Crippen LogP contribution in [0.25, 0.3) is 0 Å². The Bertz CT molecular complexity index is 520. The maximum atomic E-state index is 11.0. The van der Waals surface area contributed by atoms with Gasteiger partial charge in [0.15, 0.2) is 5.17 Å². The van der Waals surface area contributed by atoms with Crippen molar-refractivity contribution in [3.8, 4) is 0 Å². The van der Waals surface area contributed by atoms with Crippen LogP contribution in [-0.4, -0.2) is 19.3 Å². The smallest absolute Gasteiger partial charge is 0.179 e. The molecule has 6 heteroatoms. The molecule has 0 radical (unpaired) electrons. The van der Waals surface area contributed by atoms with E-state index < -0.39 is 10.2 Å². The first-order valence-electron chi connectivity index (χ1n) is 3.75. The summed E-state index contributed by atoms with van der Waals surface area (Å²) < 4.78 is 28.6. The standard InChI is InChI=1S/C8H5ClN2O2S/c9-8-7(10-14(12,13)11-8)6-4-2-1-3-5-6/h1-5H. The van der Waals surface area contributed by atoms with Crippen LogP contribution in [-0.2, 0) is 10.2 Å². The van der Waals surface area contributed by atoms with Crippen LogP contribution in [0.4, 0.5) is 0 Å². The Balaban J connectivity index is 2.55. The lowest BCUT2D eigenvalue weighted by Gasteiger charge is -1.95. The van der Waals surface area contributed by atoms with E-state index in [9.17, 15) is 8.42 Å². The second-order valence-corrected chi connectivity index (χ2v) is 4.25. The van der Waals surface area contributed by atoms with E-state index in [0.29, 0.717) is 5.56 Å². The van der Waals surface area contributed by atoms with Gasteiger partial charge in [0.25, 0.3) is 0 Å². The Morgan fingerprint density at radius 2 is 1.71 bits per heavy atom. The first-order valence-corrected chi connectivity index (χ1v) is 5.52. The third kappa shape index (κ3) is 1.69. The monoisotopic (exact) mass is 228 g/mol. The molecule has 2 rings (SSSR count). The summed E-state index contributed by atoms with van der Waals surface area (Å²) in [6, 6.07) is 8.80. The number of hydrogen-bond acceptors (Lipinski definition) is 2. The van der Waals surface area contributed by atoms with Crippen molar-refractivity contribution in [2.75, 3.05) is 0 Å². The zero-order valence-electron chi connectivity index (χ0n) is 6.88. The molecule has 1 aromatic rings. The van der Waals surface area contributed by atoms with Gasteiger partial charge in [-0.1, -0.05) is 41.9 Å². The number of benzene rings is 1. The van der Waals surface area contributed by atoms with E-state index in [-0.39, 0.29) is 10.9 Å². The van der Waals surface area contributed by atoms with E-state index in [4.69, 9.17) is 11.6 Å². The molecule has 4 nitrogen and oxygen atoms in total. The molecule has 1 aliphatic rings. The van der Waals surface area contributed by atoms with Crippen LogP contribution in [0.15, 0.2) is 39.1 Å². The first kappa shape index (κ1) is 9.36. The molecule has 0 saturated carbocycles. The molecule has 0 atom stereocenters. The van der Waals surface area contributed by atoms with Gasteiger partial charge in [-0.3, -0.25) is 0 Å². The zero-order valence-corrected chi connectivity index (χ0v) is 8.46. The Morgan fingerprint density at radius 3 is 2.21 bits per heavy atom. The highest BCUT2D eigenvalue weighted by molar-refractivity contribution is 7.90. The van der Waals surface area contributed by atoms with Crippen molar-refractivity contribution in [1.82, 2.24) is 0 Å². The Hall–Kier alpha value is -1.20. The van der Waals surface area contributed by atoms with Crippen LogP contribution in [0, 0.1) is 0 Å². The average Bonchev–Trinajstić information content (AvgIpc) is 2.41. The van der Waals surface area contributed by atoms with Crippen LogP contribution in [0.1, 0.15) is 5.56 Å². The van der Waals surface area contributed by atoms with E-state index in [1.165, 1.54) is 0 Å². The van der Waals surface area contributed by atoms with Crippen molar-refractivity contribution in [1.29, 1.82) is 0 Å². The van der Waals surface area contributed by atoms with Crippen molar-refractivity contribution < 1.29 is 8.42 Å². The topological polar surface area (TPSA) is 58.9 Å². The summed E-state index contributed by atoms with van der Waals surface area (Å²) in [7, 11) is -3.75. The van der Waals surface area contributed by atoms with Gasteiger partial charge in [0, 0.05) is 5.56 Å². The Morgan fingerprint density at radius 1 is 1.07 bits per heavy atom. The number of rotatable bonds is 1. The number of hydrogen-bond donors (Lipinski definition) is 0. The molecule has 0 spiro atoms. The molecule has 0 fully saturated rings. The van der Waals surface area contributed by atoms with E-state index in [1.54, 1.807) is 24.3 Å². The largest absolute Gasteiger partial charge is 0.365 e. The third-order valence-corrected chi connectivity index (χ3v) is 2.84. The summed E-state index contributed by atoms with van der Waals surface area (Å²) in [6.45, 7) is 0. The highest BCUT2D eigenvalue weighted by Gasteiger charge is 2.23. The maximum Gasteiger partial charge on any atom is 0.365 e. The minimum absolute atomic E-state index is 0.0869. The minimum atomic E-state index is -3.75. The predicted molar refractivity (Wildman–Crippen MR) is 55.2 cm³/mol. The molecule has 1 heterocycles. The minimum Gasteiger partial charge on any atom is -0.179 e. The van der Waals surface area contributed by atoms with Crippen molar-refractivity contribution in [3.63, 3.8) is 0 Å². The molecule has 0 bridgehead atoms. The van der Waals surface area contributed by atoms with Crippen molar-refractivity contribution in [2.45, 2.75) is 0 Å². The molecule has 0 aromatic heterocycles. The summed E-state index contributed by atoms with van der Waals surface area (Å²) in [4.78, 5) is 0. The van der Waals surface area contributed by atoms with Gasteiger partial charge >= 0.3 is 10.2 Å². The van der Waals surface area contributed by atoms with Gasteiger partial charge in [0.2, 0.25) is 0 Å². The molecule has 0 N–H and O–H groups in total. The Kier molecular flexibility index (Phi) is 2.13. The van der Waals surface area contributed by atoms with Crippen molar-refractivity contribution in [2.24, 2.45) is 8.80 Å². The zero-order chi connectivity index (χ0) is 10.2. The highest BCUT2D eigenvalue weighted by atomic mass is 35.5. The van der Waals surface area contributed by atoms with Gasteiger partial charge in [0.05, 0.1) is 0 Å². The molecule has 72 valence electrons. The second kappa shape index (κ2) is 3.18. The number of halogens is 1. The first-order chi connectivity index (χ1) is 6.58. The molecule has 0 amide bonds. The summed E-state index contributed by atoms with van der Waals surface area (Å²) in [6.07, 6.45) is 0. The van der Waals surface area contributed by atoms with E-state index in [1.807, 2.05) is 6.07 Å². The predicted octanol–water partition coefficient (Wildman–Crippen LogP) is 1.37. The van der Waals surface area contributed by atoms with Crippen LogP contribution in [0.3, 0.4) is 0 Å². The third-order valence-electron chi connectivity index (χ3n) is 1.64. The van der Waals surface area contributed by atoms with Crippen LogP contribution in [0.2, 0.25) is 0 Å². The fourth-order valence-electron chi connectivity index (χ4n) is 1.09. The van der Waals surface area contributed by atoms with Crippen LogP contribution >= 0.6 is 11.6 Å². The van der Waals surface area contributed by atoms with Gasteiger partial charge in [-0.05, 0) is 0 Å². The van der Waals surface area contributed by atoms with Crippen LogP contribution < -0.4 is 0 Å². The van der Waals surface area contributed by atoms with Crippen molar-refractivity contribution in [3.05, 3.63) is 35.9 Å². The summed E-state index contributed by atoms with van der Waals surface area (Å²) in [5.74, 6) is 0. The van der Waals surface area contributed by atoms with E-state index in [2.05, 4.69) is 8.80 Å². The lowest BCUT2D eigenvalue weighted by molar-refractivity contribution is 0.601. The second-order valence-electron chi connectivity index (χ2n) is 2.64. The van der Waals surface area contributed by atoms with Gasteiger partial charge in [-0.15, -0.1) is 8.80 Å². The summed E-state index contributed by atoms with van der Waals surface area (Å²) >= 11 is 5.64. The highest BCUT2D eigenvalue weighted by Crippen LogP contribution is 2.15. The fourth-order valence-corrected chi connectivity index (χ4v) is 2.30. The van der Waals surface area contributed by atoms with Crippen molar-refractivity contribution >= 4 is 32.7 Å². The van der Waals surface area contributed by atoms with Gasteiger partial charge in [0.1, 0.15) is 5.71 Å². The molecule has 0 unspecified atom stereocenters. The molecule has 14 heavy (non-hydrogen) atoms. The normalized spacial score (nSPS) is 18.9. The molecule has 0 aliphatic carbocycles. The van der Waals surface area contributed by atoms with Crippen LogP contribution in [0.5, 0.6) is 0 Å². The lowest BCUT2D eigenvalue weighted by Crippen LogP contribution is -2.05. The molecule has 1 aromatic carbocycles. The average molecular weight is 229 g/mol. The van der Waals surface area contributed by atoms with Gasteiger partial charge in [-0.25, -0.2) is 0 Å². The SMILES string of the molecule is O=S1(=O)N=C(Cl)C(c2ccccc2)=N1. The molecule has 1 aliphatic heterocycles. The summed E-state index contributed by atoms with van der Waals surface area (Å²) in [5.41, 5.74) is 0.842. The summed E-state index contributed by atoms with van der Waals surface area (Å²) in [5, 5.41) is -0.0869. The maximum absolute atomic E-state index is 11.0. The molecular weight excluding hydrogens is 224 g/mol. The van der Waals surface area contributed by atoms with Gasteiger partial charge in [-0.2, -0.15) is 8.42 Å². The number of nitrogens with zero attached hydrogens (tertiary/aromatic N) is 2. The van der Waals surface area contributed by atoms with E-state index in [0.717, 1.165) is 0 Å². The quantitative estimate of drug-likeness (QED) is 0.729. The van der Waals surface area contributed by atoms with Gasteiger partial charge < -0.3 is 0 Å². The Labute approximate surface area is 86.1 Å². The molecule has 0 saturated heterocycles.